The molecule has 0 aliphatic carbocycles. The van der Waals surface area contributed by atoms with Gasteiger partial charge in [-0.1, -0.05) is 33.6 Å². The van der Waals surface area contributed by atoms with E-state index in [1.54, 1.807) is 54.6 Å². The van der Waals surface area contributed by atoms with E-state index >= 15 is 0 Å². The van der Waals surface area contributed by atoms with E-state index < -0.39 is 5.97 Å². The Morgan fingerprint density at radius 3 is 2.66 bits per heavy atom. The molecule has 0 saturated carbocycles. The van der Waals surface area contributed by atoms with Gasteiger partial charge in [-0.15, -0.1) is 0 Å². The summed E-state index contributed by atoms with van der Waals surface area (Å²) in [7, 11) is 0. The highest BCUT2D eigenvalue weighted by molar-refractivity contribution is 9.10. The van der Waals surface area contributed by atoms with Crippen LogP contribution in [0.2, 0.25) is 5.02 Å². The van der Waals surface area contributed by atoms with Gasteiger partial charge in [0.05, 0.1) is 18.4 Å². The van der Waals surface area contributed by atoms with E-state index in [2.05, 4.69) is 31.8 Å². The minimum Gasteiger partial charge on any atom is -0.494 e. The molecule has 0 bridgehead atoms. The third kappa shape index (κ3) is 7.05. The Morgan fingerprint density at radius 2 is 1.94 bits per heavy atom. The first-order chi connectivity index (χ1) is 15.4. The molecule has 0 heterocycles. The molecule has 6 nitrogen and oxygen atoms in total. The zero-order valence-corrected chi connectivity index (χ0v) is 20.1. The number of esters is 1. The van der Waals surface area contributed by atoms with Crippen LogP contribution in [0.15, 0.2) is 76.3 Å². The van der Waals surface area contributed by atoms with Crippen LogP contribution in [-0.4, -0.2) is 23.9 Å². The Balaban J connectivity index is 1.66. The number of halogens is 2. The summed E-state index contributed by atoms with van der Waals surface area (Å²) < 4.78 is 11.8. The second-order valence-corrected chi connectivity index (χ2v) is 8.12. The van der Waals surface area contributed by atoms with Crippen LogP contribution in [0, 0.1) is 0 Å². The van der Waals surface area contributed by atoms with E-state index in [-0.39, 0.29) is 5.11 Å². The molecular weight excluding hydrogens is 514 g/mol. The molecule has 3 rings (SSSR count). The van der Waals surface area contributed by atoms with Crippen molar-refractivity contribution in [2.45, 2.75) is 6.92 Å². The second kappa shape index (κ2) is 11.6. The lowest BCUT2D eigenvalue weighted by molar-refractivity contribution is 0.0734. The first-order valence-electron chi connectivity index (χ1n) is 9.55. The smallest absolute Gasteiger partial charge is 0.343 e. The van der Waals surface area contributed by atoms with Crippen molar-refractivity contribution in [3.63, 3.8) is 0 Å². The number of nitrogens with zero attached hydrogens (tertiary/aromatic N) is 1. The molecule has 3 aromatic carbocycles. The lowest BCUT2D eigenvalue weighted by Crippen LogP contribution is -2.23. The van der Waals surface area contributed by atoms with E-state index in [9.17, 15) is 4.79 Å². The molecule has 2 N–H and O–H groups in total. The molecule has 3 aromatic rings. The van der Waals surface area contributed by atoms with Gasteiger partial charge in [0.15, 0.2) is 5.11 Å². The van der Waals surface area contributed by atoms with E-state index in [0.29, 0.717) is 34.3 Å². The molecule has 0 fully saturated rings. The number of nitrogens with one attached hydrogen (secondary N) is 2. The maximum Gasteiger partial charge on any atom is 0.343 e. The molecule has 0 aliphatic rings. The molecule has 0 atom stereocenters. The fourth-order valence-electron chi connectivity index (χ4n) is 2.61. The molecule has 164 valence electrons. The van der Waals surface area contributed by atoms with Gasteiger partial charge in [0.1, 0.15) is 11.5 Å². The van der Waals surface area contributed by atoms with Gasteiger partial charge in [-0.25, -0.2) is 4.79 Å². The highest BCUT2D eigenvalue weighted by atomic mass is 79.9. The Bertz CT molecular complexity index is 1140. The molecule has 0 radical (unpaired) electrons. The second-order valence-electron chi connectivity index (χ2n) is 6.36. The number of thiocarbonyl (C=S) groups is 1. The van der Waals surface area contributed by atoms with Gasteiger partial charge in [0, 0.05) is 20.7 Å². The normalized spacial score (nSPS) is 10.6. The predicted molar refractivity (Wildman–Crippen MR) is 135 cm³/mol. The average molecular weight is 533 g/mol. The van der Waals surface area contributed by atoms with Crippen molar-refractivity contribution in [2.75, 3.05) is 11.9 Å². The topological polar surface area (TPSA) is 72.0 Å². The maximum absolute atomic E-state index is 12.6. The van der Waals surface area contributed by atoms with Crippen molar-refractivity contribution in [2.24, 2.45) is 5.10 Å². The monoisotopic (exact) mass is 531 g/mol. The largest absolute Gasteiger partial charge is 0.494 e. The number of benzene rings is 3. The summed E-state index contributed by atoms with van der Waals surface area (Å²) in [5, 5.41) is 7.99. The van der Waals surface area contributed by atoms with Crippen LogP contribution in [-0.2, 0) is 0 Å². The van der Waals surface area contributed by atoms with Gasteiger partial charge in [0.2, 0.25) is 0 Å². The number of carbonyl (C=O) groups is 1. The van der Waals surface area contributed by atoms with E-state index in [1.807, 2.05) is 19.1 Å². The van der Waals surface area contributed by atoms with Crippen LogP contribution in [0.4, 0.5) is 5.69 Å². The van der Waals surface area contributed by atoms with Gasteiger partial charge >= 0.3 is 5.97 Å². The van der Waals surface area contributed by atoms with Crippen LogP contribution in [0.3, 0.4) is 0 Å². The first-order valence-corrected chi connectivity index (χ1v) is 11.1. The average Bonchev–Trinajstić information content (AvgIpc) is 2.76. The molecule has 32 heavy (non-hydrogen) atoms. The summed E-state index contributed by atoms with van der Waals surface area (Å²) in [6.07, 6.45) is 1.51. The number of ether oxygens (including phenoxy) is 2. The maximum atomic E-state index is 12.6. The minimum absolute atomic E-state index is 0.284. The molecule has 0 amide bonds. The molecule has 0 unspecified atom stereocenters. The summed E-state index contributed by atoms with van der Waals surface area (Å²) in [6, 6.07) is 19.1. The van der Waals surface area contributed by atoms with Crippen molar-refractivity contribution >= 4 is 62.7 Å². The van der Waals surface area contributed by atoms with Crippen molar-refractivity contribution in [3.8, 4) is 11.5 Å². The van der Waals surface area contributed by atoms with Crippen LogP contribution in [0.5, 0.6) is 11.5 Å². The predicted octanol–water partition coefficient (Wildman–Crippen LogP) is 6.04. The lowest BCUT2D eigenvalue weighted by Gasteiger charge is -2.09. The number of carbonyl (C=O) groups excluding carboxylic acids is 1. The summed E-state index contributed by atoms with van der Waals surface area (Å²) in [5.41, 5.74) is 4.45. The number of hydrogen-bond donors (Lipinski definition) is 2. The quantitative estimate of drug-likeness (QED) is 0.127. The zero-order chi connectivity index (χ0) is 22.9. The lowest BCUT2D eigenvalue weighted by atomic mass is 10.2. The Kier molecular flexibility index (Phi) is 8.61. The van der Waals surface area contributed by atoms with Crippen LogP contribution >= 0.6 is 39.7 Å². The summed E-state index contributed by atoms with van der Waals surface area (Å²) in [6.45, 7) is 2.45. The van der Waals surface area contributed by atoms with Crippen LogP contribution < -0.4 is 20.2 Å². The molecule has 0 saturated heterocycles. The number of rotatable bonds is 7. The fraction of sp³-hybridized carbons (Fsp3) is 0.0870. The van der Waals surface area contributed by atoms with E-state index in [0.717, 1.165) is 10.2 Å². The van der Waals surface area contributed by atoms with Gasteiger partial charge in [0.25, 0.3) is 0 Å². The minimum atomic E-state index is -0.490. The number of hydrogen-bond acceptors (Lipinski definition) is 5. The Labute approximate surface area is 204 Å². The Morgan fingerprint density at radius 1 is 1.16 bits per heavy atom. The van der Waals surface area contributed by atoms with Crippen LogP contribution in [0.1, 0.15) is 22.8 Å². The highest BCUT2D eigenvalue weighted by Crippen LogP contribution is 2.23. The summed E-state index contributed by atoms with van der Waals surface area (Å²) >= 11 is 14.6. The van der Waals surface area contributed by atoms with Crippen molar-refractivity contribution in [3.05, 3.63) is 87.4 Å². The fourth-order valence-corrected chi connectivity index (χ4v) is 3.35. The third-order valence-corrected chi connectivity index (χ3v) is 4.95. The molecule has 0 spiro atoms. The third-order valence-electron chi connectivity index (χ3n) is 4.03. The van der Waals surface area contributed by atoms with Gasteiger partial charge in [-0.2, -0.15) is 5.10 Å². The number of anilines is 1. The summed E-state index contributed by atoms with van der Waals surface area (Å²) in [4.78, 5) is 12.6. The molecule has 0 aromatic heterocycles. The molecule has 9 heteroatoms. The van der Waals surface area contributed by atoms with Crippen molar-refractivity contribution in [1.82, 2.24) is 5.43 Å². The highest BCUT2D eigenvalue weighted by Gasteiger charge is 2.12. The van der Waals surface area contributed by atoms with Gasteiger partial charge < -0.3 is 14.8 Å². The van der Waals surface area contributed by atoms with Gasteiger partial charge in [-0.3, -0.25) is 5.43 Å². The van der Waals surface area contributed by atoms with Gasteiger partial charge in [-0.05, 0) is 79.8 Å². The SMILES string of the molecule is CCOc1ccc(C(=O)Oc2ccc(Br)cc2/C=N/NC(=S)Nc2cccc(Cl)c2)cc1. The summed E-state index contributed by atoms with van der Waals surface area (Å²) in [5.74, 6) is 0.552. The van der Waals surface area contributed by atoms with Crippen molar-refractivity contribution < 1.29 is 14.3 Å². The van der Waals surface area contributed by atoms with Crippen LogP contribution in [0.25, 0.3) is 0 Å². The van der Waals surface area contributed by atoms with Crippen molar-refractivity contribution in [1.29, 1.82) is 0 Å². The zero-order valence-electron chi connectivity index (χ0n) is 17.0. The van der Waals surface area contributed by atoms with E-state index in [4.69, 9.17) is 33.3 Å². The number of hydrazone groups is 1. The Hall–Kier alpha value is -2.94. The molecular formula is C23H19BrClN3O3S. The first kappa shape index (κ1) is 23.7. The molecule has 0 aliphatic heterocycles. The van der Waals surface area contributed by atoms with E-state index in [1.165, 1.54) is 6.21 Å². The standard InChI is InChI=1S/C23H19BrClN3O3S/c1-2-30-20-9-6-15(7-10-20)22(29)31-21-11-8-17(24)12-16(21)14-26-28-23(32)27-19-5-3-4-18(25)13-19/h3-14H,2H2,1H3,(H2,27,28,32)/b26-14+.